The minimum absolute atomic E-state index is 0.122. The van der Waals surface area contributed by atoms with E-state index in [1.165, 1.54) is 0 Å². The summed E-state index contributed by atoms with van der Waals surface area (Å²) in [4.78, 5) is 24.7. The third kappa shape index (κ3) is 4.02. The van der Waals surface area contributed by atoms with Crippen LogP contribution in [-0.2, 0) is 9.59 Å². The van der Waals surface area contributed by atoms with Crippen LogP contribution in [0.5, 0.6) is 0 Å². The summed E-state index contributed by atoms with van der Waals surface area (Å²) in [7, 11) is 0. The molecule has 1 rings (SSSR count). The van der Waals surface area contributed by atoms with Crippen LogP contribution in [0, 0.1) is 5.92 Å². The van der Waals surface area contributed by atoms with Gasteiger partial charge in [0.15, 0.2) is 0 Å². The molecule has 4 heteroatoms. The Morgan fingerprint density at radius 2 is 2.00 bits per heavy atom. The van der Waals surface area contributed by atoms with Crippen molar-refractivity contribution in [3.8, 4) is 0 Å². The molecule has 1 fully saturated rings. The fraction of sp³-hybridized carbons (Fsp3) is 0.846. The van der Waals surface area contributed by atoms with Crippen molar-refractivity contribution in [3.05, 3.63) is 0 Å². The zero-order chi connectivity index (χ0) is 12.8. The van der Waals surface area contributed by atoms with Crippen LogP contribution in [0.2, 0.25) is 0 Å². The van der Waals surface area contributed by atoms with Crippen molar-refractivity contribution in [2.24, 2.45) is 5.92 Å². The number of aliphatic carboxylic acids is 1. The Hall–Kier alpha value is -1.06. The average Bonchev–Trinajstić information content (AvgIpc) is 2.29. The summed E-state index contributed by atoms with van der Waals surface area (Å²) in [6, 6.07) is 0.194. The van der Waals surface area contributed by atoms with Crippen LogP contribution in [0.15, 0.2) is 0 Å². The van der Waals surface area contributed by atoms with Gasteiger partial charge in [-0.05, 0) is 26.2 Å². The summed E-state index contributed by atoms with van der Waals surface area (Å²) in [5, 5.41) is 9.00. The fourth-order valence-electron chi connectivity index (χ4n) is 2.33. The normalized spacial score (nSPS) is 24.7. The SMILES string of the molecule is CCCCCC(=O)N1CC(C(=O)O)CCC1C. The summed E-state index contributed by atoms with van der Waals surface area (Å²) in [5.74, 6) is -1.03. The van der Waals surface area contributed by atoms with E-state index >= 15 is 0 Å². The van der Waals surface area contributed by atoms with Crippen LogP contribution in [0.1, 0.15) is 52.4 Å². The van der Waals surface area contributed by atoms with Gasteiger partial charge in [-0.25, -0.2) is 0 Å². The van der Waals surface area contributed by atoms with Crippen LogP contribution >= 0.6 is 0 Å². The third-order valence-electron chi connectivity index (χ3n) is 3.55. The molecule has 2 atom stereocenters. The van der Waals surface area contributed by atoms with Gasteiger partial charge in [0.25, 0.3) is 0 Å². The molecule has 1 N–H and O–H groups in total. The van der Waals surface area contributed by atoms with E-state index in [0.717, 1.165) is 25.7 Å². The van der Waals surface area contributed by atoms with Gasteiger partial charge in [-0.15, -0.1) is 0 Å². The van der Waals surface area contributed by atoms with E-state index in [9.17, 15) is 9.59 Å². The number of hydrogen-bond acceptors (Lipinski definition) is 2. The number of hydrogen-bond donors (Lipinski definition) is 1. The van der Waals surface area contributed by atoms with Crippen molar-refractivity contribution < 1.29 is 14.7 Å². The molecule has 1 aliphatic rings. The number of piperidine rings is 1. The van der Waals surface area contributed by atoms with Gasteiger partial charge in [0, 0.05) is 19.0 Å². The molecular weight excluding hydrogens is 218 g/mol. The molecule has 0 aromatic heterocycles. The summed E-state index contributed by atoms with van der Waals surface area (Å²) < 4.78 is 0. The molecule has 1 saturated heterocycles. The van der Waals surface area contributed by atoms with E-state index in [1.807, 2.05) is 6.92 Å². The van der Waals surface area contributed by atoms with Crippen LogP contribution < -0.4 is 0 Å². The van der Waals surface area contributed by atoms with E-state index in [-0.39, 0.29) is 17.9 Å². The maximum absolute atomic E-state index is 12.0. The van der Waals surface area contributed by atoms with Crippen molar-refractivity contribution in [1.82, 2.24) is 4.90 Å². The Morgan fingerprint density at radius 3 is 2.59 bits per heavy atom. The molecule has 4 nitrogen and oxygen atoms in total. The van der Waals surface area contributed by atoms with Gasteiger partial charge < -0.3 is 10.0 Å². The average molecular weight is 241 g/mol. The number of rotatable bonds is 5. The Bertz CT molecular complexity index is 278. The van der Waals surface area contributed by atoms with Crippen molar-refractivity contribution in [3.63, 3.8) is 0 Å². The first-order valence-electron chi connectivity index (χ1n) is 6.58. The molecule has 0 aliphatic carbocycles. The first-order chi connectivity index (χ1) is 8.06. The molecule has 0 aromatic carbocycles. The highest BCUT2D eigenvalue weighted by atomic mass is 16.4. The predicted molar refractivity (Wildman–Crippen MR) is 65.7 cm³/mol. The Labute approximate surface area is 103 Å². The molecule has 0 bridgehead atoms. The smallest absolute Gasteiger partial charge is 0.308 e. The monoisotopic (exact) mass is 241 g/mol. The minimum atomic E-state index is -0.775. The predicted octanol–water partition coefficient (Wildman–Crippen LogP) is 2.28. The number of unbranched alkanes of at least 4 members (excludes halogenated alkanes) is 2. The lowest BCUT2D eigenvalue weighted by atomic mass is 9.93. The number of nitrogens with zero attached hydrogens (tertiary/aromatic N) is 1. The second-order valence-corrected chi connectivity index (χ2v) is 4.96. The van der Waals surface area contributed by atoms with Crippen LogP contribution in [-0.4, -0.2) is 34.5 Å². The fourth-order valence-corrected chi connectivity index (χ4v) is 2.33. The Kier molecular flexibility index (Phi) is 5.45. The van der Waals surface area contributed by atoms with E-state index < -0.39 is 5.97 Å². The second kappa shape index (κ2) is 6.62. The summed E-state index contributed by atoms with van der Waals surface area (Å²) in [6.45, 7) is 4.51. The summed E-state index contributed by atoms with van der Waals surface area (Å²) >= 11 is 0. The summed E-state index contributed by atoms with van der Waals surface area (Å²) in [6.07, 6.45) is 5.13. The number of amides is 1. The number of carboxylic acids is 1. The van der Waals surface area contributed by atoms with Gasteiger partial charge in [-0.1, -0.05) is 19.8 Å². The van der Waals surface area contributed by atoms with Gasteiger partial charge in [0.1, 0.15) is 0 Å². The molecule has 2 unspecified atom stereocenters. The van der Waals surface area contributed by atoms with Crippen molar-refractivity contribution in [2.45, 2.75) is 58.4 Å². The first kappa shape index (κ1) is 14.0. The maximum atomic E-state index is 12.0. The largest absolute Gasteiger partial charge is 0.481 e. The molecule has 17 heavy (non-hydrogen) atoms. The highest BCUT2D eigenvalue weighted by Gasteiger charge is 2.31. The van der Waals surface area contributed by atoms with E-state index in [4.69, 9.17) is 5.11 Å². The van der Waals surface area contributed by atoms with E-state index in [1.54, 1.807) is 4.90 Å². The molecule has 1 heterocycles. The van der Waals surface area contributed by atoms with E-state index in [2.05, 4.69) is 6.92 Å². The molecule has 0 aromatic rings. The van der Waals surface area contributed by atoms with Crippen molar-refractivity contribution in [2.75, 3.05) is 6.54 Å². The standard InChI is InChI=1S/C13H23NO3/c1-3-4-5-6-12(15)14-9-11(13(16)17)8-7-10(14)2/h10-11H,3-9H2,1-2H3,(H,16,17). The zero-order valence-electron chi connectivity index (χ0n) is 10.8. The van der Waals surface area contributed by atoms with Crippen molar-refractivity contribution in [1.29, 1.82) is 0 Å². The number of carbonyl (C=O) groups is 2. The molecule has 0 radical (unpaired) electrons. The lowest BCUT2D eigenvalue weighted by Crippen LogP contribution is -2.47. The van der Waals surface area contributed by atoms with E-state index in [0.29, 0.717) is 19.4 Å². The Balaban J connectivity index is 2.48. The highest BCUT2D eigenvalue weighted by molar-refractivity contribution is 5.78. The third-order valence-corrected chi connectivity index (χ3v) is 3.55. The lowest BCUT2D eigenvalue weighted by Gasteiger charge is -2.36. The van der Waals surface area contributed by atoms with Crippen molar-refractivity contribution >= 4 is 11.9 Å². The summed E-state index contributed by atoms with van der Waals surface area (Å²) in [5.41, 5.74) is 0. The quantitative estimate of drug-likeness (QED) is 0.751. The molecule has 0 spiro atoms. The lowest BCUT2D eigenvalue weighted by molar-refractivity contribution is -0.147. The first-order valence-corrected chi connectivity index (χ1v) is 6.58. The van der Waals surface area contributed by atoms with Gasteiger partial charge in [0.2, 0.25) is 5.91 Å². The number of carbonyl (C=O) groups excluding carboxylic acids is 1. The minimum Gasteiger partial charge on any atom is -0.481 e. The Morgan fingerprint density at radius 1 is 1.29 bits per heavy atom. The molecule has 0 saturated carbocycles. The van der Waals surface area contributed by atoms with Crippen LogP contribution in [0.3, 0.4) is 0 Å². The van der Waals surface area contributed by atoms with Gasteiger partial charge in [-0.2, -0.15) is 0 Å². The highest BCUT2D eigenvalue weighted by Crippen LogP contribution is 2.23. The van der Waals surface area contributed by atoms with Gasteiger partial charge in [0.05, 0.1) is 5.92 Å². The maximum Gasteiger partial charge on any atom is 0.308 e. The second-order valence-electron chi connectivity index (χ2n) is 4.96. The molecule has 98 valence electrons. The van der Waals surface area contributed by atoms with Gasteiger partial charge >= 0.3 is 5.97 Å². The molecular formula is C13H23NO3. The van der Waals surface area contributed by atoms with Gasteiger partial charge in [-0.3, -0.25) is 9.59 Å². The number of likely N-dealkylation sites (tertiary alicyclic amines) is 1. The van der Waals surface area contributed by atoms with Crippen LogP contribution in [0.4, 0.5) is 0 Å². The van der Waals surface area contributed by atoms with Crippen LogP contribution in [0.25, 0.3) is 0 Å². The molecule has 1 aliphatic heterocycles. The topological polar surface area (TPSA) is 57.6 Å². The zero-order valence-corrected chi connectivity index (χ0v) is 10.8. The molecule has 1 amide bonds. The number of carboxylic acid groups (broad SMARTS) is 1.